The van der Waals surface area contributed by atoms with Gasteiger partial charge in [0.1, 0.15) is 0 Å². The van der Waals surface area contributed by atoms with Crippen molar-refractivity contribution < 1.29 is 14.3 Å². The first-order chi connectivity index (χ1) is 13.1. The minimum absolute atomic E-state index is 0.352. The molecule has 1 atom stereocenters. The summed E-state index contributed by atoms with van der Waals surface area (Å²) in [5.41, 5.74) is 4.27. The molecule has 0 aliphatic heterocycles. The van der Waals surface area contributed by atoms with E-state index in [-0.39, 0.29) is 5.91 Å². The summed E-state index contributed by atoms with van der Waals surface area (Å²) in [7, 11) is 0. The molecule has 0 saturated carbocycles. The zero-order valence-corrected chi connectivity index (χ0v) is 15.1. The van der Waals surface area contributed by atoms with Gasteiger partial charge in [0.05, 0.1) is 11.1 Å². The quantitative estimate of drug-likeness (QED) is 0.716. The van der Waals surface area contributed by atoms with Crippen molar-refractivity contribution in [3.63, 3.8) is 0 Å². The van der Waals surface area contributed by atoms with Crippen LogP contribution in [0.5, 0.6) is 0 Å². The van der Waals surface area contributed by atoms with E-state index in [0.29, 0.717) is 11.1 Å². The molecule has 3 aromatic rings. The average Bonchev–Trinajstić information content (AvgIpc) is 3.15. The summed E-state index contributed by atoms with van der Waals surface area (Å²) < 4.78 is 5.38. The number of aromatic nitrogens is 1. The highest BCUT2D eigenvalue weighted by molar-refractivity contribution is 6.04. The number of esters is 1. The molecular weight excluding hydrogens is 340 g/mol. The first-order valence-corrected chi connectivity index (χ1v) is 9.09. The topological polar surface area (TPSA) is 68.3 Å². The molecule has 1 aliphatic rings. The number of carbonyl (C=O) groups excluding carboxylic acids is 2. The van der Waals surface area contributed by atoms with Crippen LogP contribution in [0.15, 0.2) is 54.7 Å². The van der Waals surface area contributed by atoms with E-state index < -0.39 is 12.1 Å². The molecule has 27 heavy (non-hydrogen) atoms. The van der Waals surface area contributed by atoms with E-state index in [1.807, 2.05) is 30.3 Å². The third-order valence-corrected chi connectivity index (χ3v) is 4.87. The van der Waals surface area contributed by atoms with Crippen molar-refractivity contribution in [1.29, 1.82) is 0 Å². The Morgan fingerprint density at radius 1 is 1.07 bits per heavy atom. The largest absolute Gasteiger partial charge is 0.449 e. The number of fused-ring (bicyclic) bond motifs is 2. The van der Waals surface area contributed by atoms with Gasteiger partial charge in [-0.25, -0.2) is 4.79 Å². The Morgan fingerprint density at radius 2 is 1.89 bits per heavy atom. The maximum Gasteiger partial charge on any atom is 0.341 e. The fraction of sp³-hybridized carbons (Fsp3) is 0.227. The number of amides is 1. The smallest absolute Gasteiger partial charge is 0.341 e. The van der Waals surface area contributed by atoms with Gasteiger partial charge in [-0.3, -0.25) is 9.78 Å². The van der Waals surface area contributed by atoms with Gasteiger partial charge in [-0.15, -0.1) is 0 Å². The molecule has 1 aliphatic carbocycles. The van der Waals surface area contributed by atoms with E-state index in [9.17, 15) is 9.59 Å². The predicted octanol–water partition coefficient (Wildman–Crippen LogP) is 3.91. The normalized spacial score (nSPS) is 13.8. The van der Waals surface area contributed by atoms with Crippen molar-refractivity contribution in [2.24, 2.45) is 0 Å². The van der Waals surface area contributed by atoms with Gasteiger partial charge in [0, 0.05) is 17.3 Å². The lowest BCUT2D eigenvalue weighted by Gasteiger charge is -2.14. The lowest BCUT2D eigenvalue weighted by atomic mass is 10.1. The van der Waals surface area contributed by atoms with Crippen LogP contribution in [0, 0.1) is 0 Å². The molecule has 0 bridgehead atoms. The highest BCUT2D eigenvalue weighted by atomic mass is 16.5. The lowest BCUT2D eigenvalue weighted by Crippen LogP contribution is -2.30. The molecule has 1 aromatic heterocycles. The number of hydrogen-bond acceptors (Lipinski definition) is 4. The average molecular weight is 360 g/mol. The number of benzene rings is 2. The molecule has 1 N–H and O–H groups in total. The SMILES string of the molecule is C[C@H](OC(=O)c1cccc2cccnc12)C(=O)Nc1ccc2c(c1)CCC2. The second-order valence-electron chi connectivity index (χ2n) is 6.75. The first-order valence-electron chi connectivity index (χ1n) is 9.09. The van der Waals surface area contributed by atoms with Crippen LogP contribution in [0.25, 0.3) is 10.9 Å². The number of nitrogens with zero attached hydrogens (tertiary/aromatic N) is 1. The maximum absolute atomic E-state index is 12.5. The van der Waals surface area contributed by atoms with Gasteiger partial charge in [0.15, 0.2) is 6.10 Å². The van der Waals surface area contributed by atoms with Crippen LogP contribution in [0.4, 0.5) is 5.69 Å². The number of pyridine rings is 1. The zero-order valence-electron chi connectivity index (χ0n) is 15.1. The van der Waals surface area contributed by atoms with Crippen molar-refractivity contribution in [2.75, 3.05) is 5.32 Å². The van der Waals surface area contributed by atoms with Gasteiger partial charge in [-0.1, -0.05) is 24.3 Å². The van der Waals surface area contributed by atoms with Crippen molar-refractivity contribution in [3.8, 4) is 0 Å². The third-order valence-electron chi connectivity index (χ3n) is 4.87. The van der Waals surface area contributed by atoms with Gasteiger partial charge in [0.25, 0.3) is 5.91 Å². The van der Waals surface area contributed by atoms with E-state index in [0.717, 1.165) is 30.3 Å². The molecular formula is C22H20N2O3. The third kappa shape index (κ3) is 3.53. The molecule has 1 amide bonds. The van der Waals surface area contributed by atoms with Gasteiger partial charge in [-0.2, -0.15) is 0 Å². The van der Waals surface area contributed by atoms with Crippen molar-refractivity contribution in [3.05, 3.63) is 71.4 Å². The molecule has 136 valence electrons. The zero-order chi connectivity index (χ0) is 18.8. The van der Waals surface area contributed by atoms with Crippen molar-refractivity contribution in [1.82, 2.24) is 4.98 Å². The number of anilines is 1. The van der Waals surface area contributed by atoms with E-state index in [1.54, 1.807) is 25.3 Å². The number of carbonyl (C=O) groups is 2. The second-order valence-corrected chi connectivity index (χ2v) is 6.75. The predicted molar refractivity (Wildman–Crippen MR) is 104 cm³/mol. The van der Waals surface area contributed by atoms with Crippen molar-refractivity contribution in [2.45, 2.75) is 32.3 Å². The number of aryl methyl sites for hydroxylation is 2. The van der Waals surface area contributed by atoms with Crippen LogP contribution in [0.1, 0.15) is 34.8 Å². The van der Waals surface area contributed by atoms with Crippen LogP contribution in [-0.4, -0.2) is 23.0 Å². The fourth-order valence-corrected chi connectivity index (χ4v) is 3.44. The van der Waals surface area contributed by atoms with Crippen LogP contribution in [-0.2, 0) is 22.4 Å². The van der Waals surface area contributed by atoms with Gasteiger partial charge in [-0.05, 0) is 61.6 Å². The standard InChI is InChI=1S/C22H20N2O3/c1-14(21(25)24-18-11-10-15-5-2-7-17(15)13-18)27-22(26)19-9-3-6-16-8-4-12-23-20(16)19/h3-4,6,8-14H,2,5,7H2,1H3,(H,24,25)/t14-/m0/s1. The summed E-state index contributed by atoms with van der Waals surface area (Å²) in [6, 6.07) is 14.9. The number of rotatable bonds is 4. The molecule has 4 rings (SSSR count). The highest BCUT2D eigenvalue weighted by Crippen LogP contribution is 2.25. The second kappa shape index (κ2) is 7.19. The van der Waals surface area contributed by atoms with E-state index >= 15 is 0 Å². The van der Waals surface area contributed by atoms with Crippen LogP contribution in [0.3, 0.4) is 0 Å². The van der Waals surface area contributed by atoms with Gasteiger partial charge in [0.2, 0.25) is 0 Å². The van der Waals surface area contributed by atoms with E-state index in [4.69, 9.17) is 4.74 Å². The minimum Gasteiger partial charge on any atom is -0.449 e. The number of ether oxygens (including phenoxy) is 1. The number of nitrogens with one attached hydrogen (secondary N) is 1. The molecule has 0 fully saturated rings. The summed E-state index contributed by atoms with van der Waals surface area (Å²) in [5, 5.41) is 3.68. The fourth-order valence-electron chi connectivity index (χ4n) is 3.44. The van der Waals surface area contributed by atoms with Crippen molar-refractivity contribution >= 4 is 28.5 Å². The summed E-state index contributed by atoms with van der Waals surface area (Å²) in [6.07, 6.45) is 4.00. The monoisotopic (exact) mass is 360 g/mol. The molecule has 0 unspecified atom stereocenters. The van der Waals surface area contributed by atoms with Crippen LogP contribution < -0.4 is 5.32 Å². The minimum atomic E-state index is -0.912. The van der Waals surface area contributed by atoms with Crippen LogP contribution in [0.2, 0.25) is 0 Å². The van der Waals surface area contributed by atoms with Gasteiger partial charge >= 0.3 is 5.97 Å². The molecule has 0 radical (unpaired) electrons. The first kappa shape index (κ1) is 17.2. The molecule has 0 spiro atoms. The van der Waals surface area contributed by atoms with Gasteiger partial charge < -0.3 is 10.1 Å². The summed E-state index contributed by atoms with van der Waals surface area (Å²) >= 11 is 0. The maximum atomic E-state index is 12.5. The molecule has 2 aromatic carbocycles. The van der Waals surface area contributed by atoms with Crippen LogP contribution >= 0.6 is 0 Å². The lowest BCUT2D eigenvalue weighted by molar-refractivity contribution is -0.123. The summed E-state index contributed by atoms with van der Waals surface area (Å²) in [6.45, 7) is 1.57. The number of para-hydroxylation sites is 1. The Balaban J connectivity index is 1.45. The highest BCUT2D eigenvalue weighted by Gasteiger charge is 2.21. The molecule has 0 saturated heterocycles. The Bertz CT molecular complexity index is 1020. The molecule has 5 heteroatoms. The Labute approximate surface area is 157 Å². The van der Waals surface area contributed by atoms with E-state index in [1.165, 1.54) is 11.1 Å². The molecule has 5 nitrogen and oxygen atoms in total. The molecule has 1 heterocycles. The Morgan fingerprint density at radius 3 is 2.78 bits per heavy atom. The summed E-state index contributed by atoms with van der Waals surface area (Å²) in [5.74, 6) is -0.912. The summed E-state index contributed by atoms with van der Waals surface area (Å²) in [4.78, 5) is 29.2. The number of hydrogen-bond donors (Lipinski definition) is 1. The Kier molecular flexibility index (Phi) is 4.59. The Hall–Kier alpha value is -3.21. The van der Waals surface area contributed by atoms with E-state index in [2.05, 4.69) is 16.4 Å².